The number of hydrogen-bond acceptors (Lipinski definition) is 4. The Labute approximate surface area is 153 Å². The topological polar surface area (TPSA) is 68.1 Å². The second-order valence-corrected chi connectivity index (χ2v) is 8.61. The van der Waals surface area contributed by atoms with E-state index in [0.29, 0.717) is 13.1 Å². The smallest absolute Gasteiger partial charge is 0.218 e. The van der Waals surface area contributed by atoms with E-state index in [4.69, 9.17) is 4.98 Å². The molecule has 1 fully saturated rings. The number of aromatic nitrogens is 3. The molecule has 26 heavy (non-hydrogen) atoms. The summed E-state index contributed by atoms with van der Waals surface area (Å²) in [5.74, 6) is 1.10. The lowest BCUT2D eigenvalue weighted by atomic mass is 10.1. The van der Waals surface area contributed by atoms with Crippen LogP contribution in [0.3, 0.4) is 0 Å². The van der Waals surface area contributed by atoms with Gasteiger partial charge in [0, 0.05) is 31.7 Å². The predicted octanol–water partition coefficient (Wildman–Crippen LogP) is 2.77. The Kier molecular flexibility index (Phi) is 4.50. The fourth-order valence-corrected chi connectivity index (χ4v) is 5.25. The second-order valence-electron chi connectivity index (χ2n) is 6.65. The van der Waals surface area contributed by atoms with Crippen molar-refractivity contribution < 1.29 is 8.42 Å². The molecule has 6 nitrogen and oxygen atoms in total. The summed E-state index contributed by atoms with van der Waals surface area (Å²) in [5, 5.41) is 0. The highest BCUT2D eigenvalue weighted by atomic mass is 32.2. The first-order chi connectivity index (χ1) is 12.6. The second kappa shape index (κ2) is 6.81. The maximum Gasteiger partial charge on any atom is 0.218 e. The van der Waals surface area contributed by atoms with Gasteiger partial charge in [0.05, 0.1) is 5.75 Å². The van der Waals surface area contributed by atoms with E-state index in [1.165, 1.54) is 0 Å². The van der Waals surface area contributed by atoms with Crippen LogP contribution in [0.5, 0.6) is 0 Å². The molecule has 1 saturated heterocycles. The molecule has 3 aromatic rings. The Hall–Kier alpha value is -2.25. The maximum atomic E-state index is 12.8. The van der Waals surface area contributed by atoms with Gasteiger partial charge in [-0.25, -0.2) is 22.7 Å². The number of hydrogen-bond donors (Lipinski definition) is 0. The minimum Gasteiger partial charge on any atom is -0.313 e. The van der Waals surface area contributed by atoms with E-state index in [2.05, 4.69) is 16.5 Å². The lowest BCUT2D eigenvalue weighted by Gasteiger charge is -2.17. The summed E-state index contributed by atoms with van der Waals surface area (Å²) >= 11 is 0. The summed E-state index contributed by atoms with van der Waals surface area (Å²) in [6, 6.07) is 13.2. The van der Waals surface area contributed by atoms with Crippen molar-refractivity contribution in [1.29, 1.82) is 0 Å². The summed E-state index contributed by atoms with van der Waals surface area (Å²) in [7, 11) is -3.32. The zero-order valence-electron chi connectivity index (χ0n) is 14.7. The van der Waals surface area contributed by atoms with Crippen LogP contribution in [0.2, 0.25) is 0 Å². The molecule has 1 aliphatic heterocycles. The van der Waals surface area contributed by atoms with Crippen molar-refractivity contribution in [2.45, 2.75) is 31.6 Å². The lowest BCUT2D eigenvalue weighted by Crippen LogP contribution is -2.30. The Morgan fingerprint density at radius 1 is 1.15 bits per heavy atom. The number of sulfonamides is 1. The Balaban J connectivity index is 1.57. The van der Waals surface area contributed by atoms with Crippen LogP contribution in [-0.2, 0) is 22.3 Å². The van der Waals surface area contributed by atoms with E-state index in [0.717, 1.165) is 35.5 Å². The molecule has 0 N–H and O–H groups in total. The largest absolute Gasteiger partial charge is 0.313 e. The average molecular weight is 370 g/mol. The van der Waals surface area contributed by atoms with Crippen molar-refractivity contribution in [3.8, 4) is 0 Å². The molecule has 0 aliphatic carbocycles. The van der Waals surface area contributed by atoms with Crippen LogP contribution in [0, 0.1) is 0 Å². The maximum absolute atomic E-state index is 12.8. The normalized spacial score (nSPS) is 18.6. The first-order valence-electron chi connectivity index (χ1n) is 8.91. The van der Waals surface area contributed by atoms with E-state index >= 15 is 0 Å². The van der Waals surface area contributed by atoms with Gasteiger partial charge < -0.3 is 4.57 Å². The Morgan fingerprint density at radius 3 is 2.73 bits per heavy atom. The highest BCUT2D eigenvalue weighted by Gasteiger charge is 2.34. The molecular weight excluding hydrogens is 348 g/mol. The molecule has 1 atom stereocenters. The van der Waals surface area contributed by atoms with Gasteiger partial charge in [-0.2, -0.15) is 0 Å². The van der Waals surface area contributed by atoms with Crippen molar-refractivity contribution in [2.24, 2.45) is 0 Å². The molecule has 0 spiro atoms. The molecule has 0 unspecified atom stereocenters. The number of benzene rings is 1. The van der Waals surface area contributed by atoms with Gasteiger partial charge in [0.25, 0.3) is 0 Å². The third-order valence-corrected chi connectivity index (χ3v) is 6.77. The summed E-state index contributed by atoms with van der Waals surface area (Å²) in [4.78, 5) is 9.18. The fourth-order valence-electron chi connectivity index (χ4n) is 3.67. The zero-order valence-corrected chi connectivity index (χ0v) is 15.6. The van der Waals surface area contributed by atoms with Crippen molar-refractivity contribution >= 4 is 21.2 Å². The van der Waals surface area contributed by atoms with Crippen LogP contribution in [0.15, 0.2) is 48.7 Å². The lowest BCUT2D eigenvalue weighted by molar-refractivity contribution is 0.468. The molecule has 1 aliphatic rings. The molecule has 3 heterocycles. The molecular formula is C19H22N4O2S. The molecule has 0 radical (unpaired) electrons. The van der Waals surface area contributed by atoms with Gasteiger partial charge in [-0.1, -0.05) is 30.3 Å². The number of aryl methyl sites for hydroxylation is 1. The highest BCUT2D eigenvalue weighted by molar-refractivity contribution is 7.88. The van der Waals surface area contributed by atoms with E-state index in [1.807, 2.05) is 42.5 Å². The van der Waals surface area contributed by atoms with Crippen molar-refractivity contribution in [2.75, 3.05) is 13.1 Å². The third-order valence-electron chi connectivity index (χ3n) is 4.95. The molecule has 2 aromatic heterocycles. The summed E-state index contributed by atoms with van der Waals surface area (Å²) < 4.78 is 29.3. The van der Waals surface area contributed by atoms with Crippen molar-refractivity contribution in [1.82, 2.24) is 18.8 Å². The number of fused-ring (bicyclic) bond motifs is 1. The summed E-state index contributed by atoms with van der Waals surface area (Å²) in [6.07, 6.45) is 2.56. The van der Waals surface area contributed by atoms with Crippen molar-refractivity contribution in [3.05, 3.63) is 60.0 Å². The first-order valence-corrected chi connectivity index (χ1v) is 10.5. The molecule has 4 rings (SSSR count). The van der Waals surface area contributed by atoms with Gasteiger partial charge >= 0.3 is 0 Å². The number of imidazole rings is 1. The Morgan fingerprint density at radius 2 is 1.96 bits per heavy atom. The standard InChI is InChI=1S/C19H22N4O2S/c1-2-23-18(21-17-9-6-11-20-19(17)23)16-10-12-22(13-16)26(24,25)14-15-7-4-3-5-8-15/h3-9,11,16H,2,10,12-14H2,1H3/t16-/m1/s1. The number of nitrogens with zero attached hydrogens (tertiary/aromatic N) is 4. The molecule has 1 aromatic carbocycles. The SMILES string of the molecule is CCn1c([C@@H]2CCN(S(=O)(=O)Cc3ccccc3)C2)nc2cccnc21. The highest BCUT2D eigenvalue weighted by Crippen LogP contribution is 2.31. The minimum atomic E-state index is -3.32. The van der Waals surface area contributed by atoms with Gasteiger partial charge in [0.15, 0.2) is 5.65 Å². The molecule has 7 heteroatoms. The van der Waals surface area contributed by atoms with E-state index in [9.17, 15) is 8.42 Å². The van der Waals surface area contributed by atoms with Crippen LogP contribution in [0.25, 0.3) is 11.2 Å². The van der Waals surface area contributed by atoms with Crippen LogP contribution >= 0.6 is 0 Å². The summed E-state index contributed by atoms with van der Waals surface area (Å²) in [6.45, 7) is 3.87. The third kappa shape index (κ3) is 3.12. The average Bonchev–Trinajstić information content (AvgIpc) is 3.27. The van der Waals surface area contributed by atoms with E-state index < -0.39 is 10.0 Å². The predicted molar refractivity (Wildman–Crippen MR) is 101 cm³/mol. The van der Waals surface area contributed by atoms with Gasteiger partial charge in [-0.15, -0.1) is 0 Å². The molecule has 0 amide bonds. The quantitative estimate of drug-likeness (QED) is 0.693. The zero-order chi connectivity index (χ0) is 18.1. The molecule has 136 valence electrons. The molecule has 0 bridgehead atoms. The monoisotopic (exact) mass is 370 g/mol. The first kappa shape index (κ1) is 17.2. The van der Waals surface area contributed by atoms with Crippen LogP contribution in [0.1, 0.15) is 30.7 Å². The number of rotatable bonds is 5. The van der Waals surface area contributed by atoms with Gasteiger partial charge in [0.1, 0.15) is 11.3 Å². The van der Waals surface area contributed by atoms with Crippen LogP contribution < -0.4 is 0 Å². The summed E-state index contributed by atoms with van der Waals surface area (Å²) in [5.41, 5.74) is 2.56. The molecule has 0 saturated carbocycles. The van der Waals surface area contributed by atoms with E-state index in [1.54, 1.807) is 10.5 Å². The van der Waals surface area contributed by atoms with Gasteiger partial charge in [0.2, 0.25) is 10.0 Å². The van der Waals surface area contributed by atoms with Gasteiger partial charge in [-0.05, 0) is 31.0 Å². The van der Waals surface area contributed by atoms with E-state index in [-0.39, 0.29) is 11.7 Å². The van der Waals surface area contributed by atoms with Crippen molar-refractivity contribution in [3.63, 3.8) is 0 Å². The fraction of sp³-hybridized carbons (Fsp3) is 0.368. The van der Waals surface area contributed by atoms with Crippen LogP contribution in [0.4, 0.5) is 0 Å². The number of pyridine rings is 1. The van der Waals surface area contributed by atoms with Crippen LogP contribution in [-0.4, -0.2) is 40.3 Å². The minimum absolute atomic E-state index is 0.0479. The Bertz CT molecular complexity index is 1010. The van der Waals surface area contributed by atoms with Gasteiger partial charge in [-0.3, -0.25) is 0 Å².